The van der Waals surface area contributed by atoms with Crippen LogP contribution < -0.4 is 5.56 Å². The molecule has 0 spiro atoms. The zero-order valence-corrected chi connectivity index (χ0v) is 19.5. The van der Waals surface area contributed by atoms with Crippen LogP contribution in [0.4, 0.5) is 0 Å². The fourth-order valence-corrected chi connectivity index (χ4v) is 4.03. The fourth-order valence-electron chi connectivity index (χ4n) is 4.03. The van der Waals surface area contributed by atoms with Crippen molar-refractivity contribution in [2.24, 2.45) is 0 Å². The van der Waals surface area contributed by atoms with Crippen molar-refractivity contribution in [1.82, 2.24) is 19.5 Å². The molecule has 3 heterocycles. The maximum absolute atomic E-state index is 13.3. The van der Waals surface area contributed by atoms with Gasteiger partial charge in [0.1, 0.15) is 5.69 Å². The number of H-pyrrole nitrogens is 1. The summed E-state index contributed by atoms with van der Waals surface area (Å²) in [5.74, 6) is 0.00422. The summed E-state index contributed by atoms with van der Waals surface area (Å²) in [6.07, 6.45) is 8.43. The molecule has 0 amide bonds. The van der Waals surface area contributed by atoms with Crippen molar-refractivity contribution < 1.29 is 9.53 Å². The van der Waals surface area contributed by atoms with E-state index in [1.807, 2.05) is 49.4 Å². The monoisotopic (exact) mass is 458 g/mol. The molecule has 7 nitrogen and oxygen atoms in total. The second-order valence-corrected chi connectivity index (χ2v) is 8.30. The van der Waals surface area contributed by atoms with E-state index in [9.17, 15) is 9.59 Å². The molecule has 0 fully saturated rings. The minimum absolute atomic E-state index is 0.00422. The molecular formula is C27H30N4O3. The van der Waals surface area contributed by atoms with Crippen LogP contribution in [0.1, 0.15) is 37.6 Å². The Labute approximate surface area is 198 Å². The highest BCUT2D eigenvalue weighted by Crippen LogP contribution is 2.18. The van der Waals surface area contributed by atoms with Gasteiger partial charge in [-0.2, -0.15) is 0 Å². The van der Waals surface area contributed by atoms with Gasteiger partial charge in [0.15, 0.2) is 5.78 Å². The maximum Gasteiger partial charge on any atom is 0.273 e. The third-order valence-corrected chi connectivity index (χ3v) is 5.84. The molecule has 3 aromatic heterocycles. The van der Waals surface area contributed by atoms with Gasteiger partial charge in [-0.25, -0.2) is 0 Å². The number of ether oxygens (including phenoxy) is 1. The largest absolute Gasteiger partial charge is 0.382 e. The molecule has 176 valence electrons. The van der Waals surface area contributed by atoms with Gasteiger partial charge in [-0.1, -0.05) is 30.3 Å². The Morgan fingerprint density at radius 1 is 1.09 bits per heavy atom. The highest BCUT2D eigenvalue weighted by molar-refractivity contribution is 5.81. The molecular weight excluding hydrogens is 428 g/mol. The van der Waals surface area contributed by atoms with Crippen LogP contribution in [0.5, 0.6) is 0 Å². The summed E-state index contributed by atoms with van der Waals surface area (Å²) in [6, 6.07) is 13.5. The number of hydrogen-bond acceptors (Lipinski definition) is 5. The van der Waals surface area contributed by atoms with Gasteiger partial charge in [0.2, 0.25) is 0 Å². The van der Waals surface area contributed by atoms with E-state index in [2.05, 4.69) is 15.0 Å². The number of pyridine rings is 1. The number of unbranched alkanes of at least 4 members (excludes halogenated alkanes) is 1. The van der Waals surface area contributed by atoms with Gasteiger partial charge in [-0.15, -0.1) is 0 Å². The summed E-state index contributed by atoms with van der Waals surface area (Å²) in [6.45, 7) is 3.36. The van der Waals surface area contributed by atoms with Crippen molar-refractivity contribution in [1.29, 1.82) is 0 Å². The third kappa shape index (κ3) is 5.85. The van der Waals surface area contributed by atoms with Crippen molar-refractivity contribution in [3.05, 3.63) is 82.8 Å². The van der Waals surface area contributed by atoms with Crippen LogP contribution in [-0.2, 0) is 28.9 Å². The summed E-state index contributed by atoms with van der Waals surface area (Å²) in [7, 11) is 0. The van der Waals surface area contributed by atoms with Gasteiger partial charge in [-0.05, 0) is 50.3 Å². The van der Waals surface area contributed by atoms with E-state index in [-0.39, 0.29) is 17.9 Å². The zero-order chi connectivity index (χ0) is 23.8. The summed E-state index contributed by atoms with van der Waals surface area (Å²) in [4.78, 5) is 38.2. The van der Waals surface area contributed by atoms with Gasteiger partial charge in [0, 0.05) is 48.6 Å². The van der Waals surface area contributed by atoms with Crippen LogP contribution in [-0.4, -0.2) is 38.5 Å². The van der Waals surface area contributed by atoms with Crippen molar-refractivity contribution in [2.45, 2.75) is 45.6 Å². The molecule has 7 heteroatoms. The van der Waals surface area contributed by atoms with Crippen LogP contribution in [0.15, 0.2) is 65.8 Å². The Hall–Kier alpha value is -3.58. The molecule has 0 unspecified atom stereocenters. The van der Waals surface area contributed by atoms with Crippen molar-refractivity contribution in [3.8, 4) is 11.3 Å². The Balaban J connectivity index is 1.50. The predicted molar refractivity (Wildman–Crippen MR) is 133 cm³/mol. The molecule has 0 aliphatic carbocycles. The lowest BCUT2D eigenvalue weighted by Crippen LogP contribution is -2.29. The first kappa shape index (κ1) is 23.6. The number of aromatic amines is 1. The molecule has 0 aliphatic rings. The van der Waals surface area contributed by atoms with Gasteiger partial charge in [0.05, 0.1) is 18.4 Å². The molecule has 1 aromatic carbocycles. The normalized spacial score (nSPS) is 11.2. The van der Waals surface area contributed by atoms with Crippen LogP contribution in [0.3, 0.4) is 0 Å². The standard InChI is InChI=1S/C27H30N4O3/c1-2-34-15-7-6-10-25-27(33)31(26(18-29-25)20-8-4-3-5-9-20)19-23(32)12-11-22-16-21-17-28-14-13-24(21)30-22/h3-5,8-9,13-14,16-18,30H,2,6-7,10-12,15,19H2,1H3. The lowest BCUT2D eigenvalue weighted by Gasteiger charge is -2.14. The lowest BCUT2D eigenvalue weighted by molar-refractivity contribution is -0.119. The number of fused-ring (bicyclic) bond motifs is 1. The molecule has 0 atom stereocenters. The third-order valence-electron chi connectivity index (χ3n) is 5.84. The van der Waals surface area contributed by atoms with Crippen LogP contribution >= 0.6 is 0 Å². The number of hydrogen-bond donors (Lipinski definition) is 1. The molecule has 0 aliphatic heterocycles. The number of aryl methyl sites for hydroxylation is 2. The first-order valence-electron chi connectivity index (χ1n) is 11.8. The van der Waals surface area contributed by atoms with E-state index in [1.54, 1.807) is 23.2 Å². The number of carbonyl (C=O) groups excluding carboxylic acids is 1. The van der Waals surface area contributed by atoms with E-state index < -0.39 is 0 Å². The van der Waals surface area contributed by atoms with Crippen LogP contribution in [0.25, 0.3) is 22.2 Å². The van der Waals surface area contributed by atoms with Gasteiger partial charge < -0.3 is 9.72 Å². The van der Waals surface area contributed by atoms with Gasteiger partial charge in [0.25, 0.3) is 5.56 Å². The summed E-state index contributed by atoms with van der Waals surface area (Å²) >= 11 is 0. The van der Waals surface area contributed by atoms with E-state index in [0.717, 1.165) is 35.0 Å². The number of nitrogens with one attached hydrogen (secondary N) is 1. The van der Waals surface area contributed by atoms with E-state index in [4.69, 9.17) is 4.74 Å². The topological polar surface area (TPSA) is 89.9 Å². The number of Topliss-reactive ketones (excluding diaryl/α,β-unsaturated/α-hetero) is 1. The maximum atomic E-state index is 13.3. The Bertz CT molecular complexity index is 1260. The number of nitrogens with zero attached hydrogens (tertiary/aromatic N) is 3. The Kier molecular flexibility index (Phi) is 7.99. The molecule has 0 radical (unpaired) electrons. The molecule has 0 saturated heterocycles. The Morgan fingerprint density at radius 3 is 2.74 bits per heavy atom. The molecule has 1 N–H and O–H groups in total. The summed E-state index contributed by atoms with van der Waals surface area (Å²) in [5, 5.41) is 1.02. The molecule has 0 saturated carbocycles. The number of benzene rings is 1. The average molecular weight is 459 g/mol. The minimum atomic E-state index is -0.192. The number of carbonyl (C=O) groups is 1. The van der Waals surface area contributed by atoms with Gasteiger partial charge >= 0.3 is 0 Å². The average Bonchev–Trinajstić information content (AvgIpc) is 3.28. The highest BCUT2D eigenvalue weighted by Gasteiger charge is 2.15. The highest BCUT2D eigenvalue weighted by atomic mass is 16.5. The van der Waals surface area contributed by atoms with Crippen molar-refractivity contribution >= 4 is 16.7 Å². The molecule has 4 rings (SSSR count). The van der Waals surface area contributed by atoms with Crippen LogP contribution in [0, 0.1) is 0 Å². The quantitative estimate of drug-likeness (QED) is 0.319. The number of ketones is 1. The molecule has 4 aromatic rings. The summed E-state index contributed by atoms with van der Waals surface area (Å²) < 4.78 is 6.96. The molecule has 34 heavy (non-hydrogen) atoms. The van der Waals surface area contributed by atoms with Crippen molar-refractivity contribution in [3.63, 3.8) is 0 Å². The zero-order valence-electron chi connectivity index (χ0n) is 19.5. The first-order valence-corrected chi connectivity index (χ1v) is 11.8. The SMILES string of the molecule is CCOCCCCc1ncc(-c2ccccc2)n(CC(=O)CCc2cc3cnccc3[nH]2)c1=O. The minimum Gasteiger partial charge on any atom is -0.382 e. The predicted octanol–water partition coefficient (Wildman–Crippen LogP) is 4.35. The Morgan fingerprint density at radius 2 is 1.94 bits per heavy atom. The second kappa shape index (κ2) is 11.5. The van der Waals surface area contributed by atoms with Gasteiger partial charge in [-0.3, -0.25) is 24.1 Å². The smallest absolute Gasteiger partial charge is 0.273 e. The second-order valence-electron chi connectivity index (χ2n) is 8.30. The molecule has 0 bridgehead atoms. The van der Waals surface area contributed by atoms with E-state index in [0.29, 0.717) is 43.9 Å². The van der Waals surface area contributed by atoms with Crippen LogP contribution in [0.2, 0.25) is 0 Å². The lowest BCUT2D eigenvalue weighted by atomic mass is 10.1. The van der Waals surface area contributed by atoms with Crippen molar-refractivity contribution in [2.75, 3.05) is 13.2 Å². The first-order chi connectivity index (χ1) is 16.7. The summed E-state index contributed by atoms with van der Waals surface area (Å²) in [5.41, 5.74) is 3.81. The van der Waals surface area contributed by atoms with E-state index in [1.165, 1.54) is 0 Å². The number of aromatic nitrogens is 4. The van der Waals surface area contributed by atoms with E-state index >= 15 is 0 Å². The number of rotatable bonds is 12. The fraction of sp³-hybridized carbons (Fsp3) is 0.333.